The van der Waals surface area contributed by atoms with Gasteiger partial charge in [0.25, 0.3) is 0 Å². The van der Waals surface area contributed by atoms with Crippen molar-refractivity contribution in [2.75, 3.05) is 27.3 Å². The SMILES string of the molecule is COc1cc(Br)c(CCNC(=O)NCC2CC2)cc1OC. The van der Waals surface area contributed by atoms with Gasteiger partial charge in [0.15, 0.2) is 11.5 Å². The van der Waals surface area contributed by atoms with Gasteiger partial charge in [-0.15, -0.1) is 0 Å². The fourth-order valence-corrected chi connectivity index (χ4v) is 2.54. The molecule has 1 saturated carbocycles. The molecule has 6 heteroatoms. The van der Waals surface area contributed by atoms with Crippen LogP contribution < -0.4 is 20.1 Å². The van der Waals surface area contributed by atoms with Crippen LogP contribution in [0.25, 0.3) is 0 Å². The zero-order valence-corrected chi connectivity index (χ0v) is 14.0. The van der Waals surface area contributed by atoms with Crippen LogP contribution in [-0.2, 0) is 6.42 Å². The van der Waals surface area contributed by atoms with E-state index in [4.69, 9.17) is 9.47 Å². The molecule has 1 aromatic rings. The van der Waals surface area contributed by atoms with Gasteiger partial charge in [-0.05, 0) is 42.9 Å². The number of carbonyl (C=O) groups excluding carboxylic acids is 1. The van der Waals surface area contributed by atoms with Crippen LogP contribution in [0.4, 0.5) is 4.79 Å². The number of urea groups is 1. The van der Waals surface area contributed by atoms with Crippen LogP contribution in [0.1, 0.15) is 18.4 Å². The number of benzene rings is 1. The lowest BCUT2D eigenvalue weighted by molar-refractivity contribution is 0.240. The maximum absolute atomic E-state index is 11.6. The normalized spacial score (nSPS) is 13.7. The van der Waals surface area contributed by atoms with Crippen molar-refractivity contribution >= 4 is 22.0 Å². The molecule has 0 unspecified atom stereocenters. The van der Waals surface area contributed by atoms with Crippen LogP contribution in [0.5, 0.6) is 11.5 Å². The standard InChI is InChI=1S/C15H21BrN2O3/c1-20-13-7-11(12(16)8-14(13)21-2)5-6-17-15(19)18-9-10-3-4-10/h7-8,10H,3-6,9H2,1-2H3,(H2,17,18,19). The molecular formula is C15H21BrN2O3. The van der Waals surface area contributed by atoms with Crippen LogP contribution >= 0.6 is 15.9 Å². The van der Waals surface area contributed by atoms with Crippen molar-refractivity contribution in [3.63, 3.8) is 0 Å². The van der Waals surface area contributed by atoms with Gasteiger partial charge >= 0.3 is 6.03 Å². The number of nitrogens with one attached hydrogen (secondary N) is 2. The highest BCUT2D eigenvalue weighted by atomic mass is 79.9. The summed E-state index contributed by atoms with van der Waals surface area (Å²) in [5.74, 6) is 2.06. The van der Waals surface area contributed by atoms with Crippen LogP contribution in [-0.4, -0.2) is 33.3 Å². The first-order valence-electron chi connectivity index (χ1n) is 7.06. The molecule has 1 aliphatic rings. The first-order chi connectivity index (χ1) is 10.1. The molecule has 5 nitrogen and oxygen atoms in total. The minimum Gasteiger partial charge on any atom is -0.493 e. The second-order valence-electron chi connectivity index (χ2n) is 5.13. The average molecular weight is 357 g/mol. The van der Waals surface area contributed by atoms with Crippen molar-refractivity contribution in [1.29, 1.82) is 0 Å². The molecule has 0 saturated heterocycles. The van der Waals surface area contributed by atoms with Crippen molar-refractivity contribution in [2.24, 2.45) is 5.92 Å². The van der Waals surface area contributed by atoms with E-state index in [1.807, 2.05) is 12.1 Å². The summed E-state index contributed by atoms with van der Waals surface area (Å²) >= 11 is 3.51. The summed E-state index contributed by atoms with van der Waals surface area (Å²) in [7, 11) is 3.22. The number of rotatable bonds is 7. The molecule has 1 aliphatic carbocycles. The Bertz CT molecular complexity index is 504. The lowest BCUT2D eigenvalue weighted by Crippen LogP contribution is -2.37. The van der Waals surface area contributed by atoms with Gasteiger partial charge in [-0.1, -0.05) is 15.9 Å². The Labute approximate surface area is 133 Å². The van der Waals surface area contributed by atoms with E-state index in [0.717, 1.165) is 23.0 Å². The van der Waals surface area contributed by atoms with Gasteiger partial charge in [-0.3, -0.25) is 0 Å². The summed E-state index contributed by atoms with van der Waals surface area (Å²) in [5.41, 5.74) is 1.06. The molecule has 0 spiro atoms. The predicted octanol–water partition coefficient (Wildman–Crippen LogP) is 2.72. The average Bonchev–Trinajstić information content (AvgIpc) is 3.30. The topological polar surface area (TPSA) is 59.6 Å². The maximum Gasteiger partial charge on any atom is 0.314 e. The third-order valence-corrected chi connectivity index (χ3v) is 4.22. The van der Waals surface area contributed by atoms with Gasteiger partial charge in [-0.25, -0.2) is 4.79 Å². The molecule has 1 aromatic carbocycles. The second kappa shape index (κ2) is 7.54. The van der Waals surface area contributed by atoms with Crippen molar-refractivity contribution in [3.8, 4) is 11.5 Å². The molecule has 2 rings (SSSR count). The summed E-state index contributed by atoms with van der Waals surface area (Å²) in [4.78, 5) is 11.6. The van der Waals surface area contributed by atoms with E-state index in [1.165, 1.54) is 12.8 Å². The van der Waals surface area contributed by atoms with Crippen molar-refractivity contribution in [3.05, 3.63) is 22.2 Å². The quantitative estimate of drug-likeness (QED) is 0.789. The summed E-state index contributed by atoms with van der Waals surface area (Å²) in [6.07, 6.45) is 3.19. The van der Waals surface area contributed by atoms with E-state index in [2.05, 4.69) is 26.6 Å². The molecule has 2 N–H and O–H groups in total. The second-order valence-corrected chi connectivity index (χ2v) is 5.98. The number of methoxy groups -OCH3 is 2. The van der Waals surface area contributed by atoms with E-state index < -0.39 is 0 Å². The van der Waals surface area contributed by atoms with Gasteiger partial charge in [0.05, 0.1) is 14.2 Å². The lowest BCUT2D eigenvalue weighted by atomic mass is 10.1. The molecule has 116 valence electrons. The molecule has 0 aromatic heterocycles. The Hall–Kier alpha value is -1.43. The van der Waals surface area contributed by atoms with Gasteiger partial charge in [0.1, 0.15) is 0 Å². The van der Waals surface area contributed by atoms with Crippen LogP contribution in [0.2, 0.25) is 0 Å². The van der Waals surface area contributed by atoms with E-state index in [9.17, 15) is 4.79 Å². The molecule has 0 heterocycles. The minimum absolute atomic E-state index is 0.0986. The number of halogens is 1. The number of ether oxygens (including phenoxy) is 2. The van der Waals surface area contributed by atoms with Gasteiger partial charge in [0.2, 0.25) is 0 Å². The largest absolute Gasteiger partial charge is 0.493 e. The molecule has 0 radical (unpaired) electrons. The van der Waals surface area contributed by atoms with Gasteiger partial charge < -0.3 is 20.1 Å². The molecule has 0 bridgehead atoms. The Morgan fingerprint density at radius 1 is 1.24 bits per heavy atom. The fraction of sp³-hybridized carbons (Fsp3) is 0.533. The van der Waals surface area contributed by atoms with E-state index in [-0.39, 0.29) is 6.03 Å². The predicted molar refractivity (Wildman–Crippen MR) is 85.1 cm³/mol. The highest BCUT2D eigenvalue weighted by Crippen LogP contribution is 2.33. The first-order valence-corrected chi connectivity index (χ1v) is 7.85. The highest BCUT2D eigenvalue weighted by molar-refractivity contribution is 9.10. The third kappa shape index (κ3) is 4.81. The Balaban J connectivity index is 1.82. The third-order valence-electron chi connectivity index (χ3n) is 3.48. The highest BCUT2D eigenvalue weighted by Gasteiger charge is 2.21. The Morgan fingerprint density at radius 3 is 2.52 bits per heavy atom. The number of amides is 2. The van der Waals surface area contributed by atoms with Crippen LogP contribution in [0.15, 0.2) is 16.6 Å². The Kier molecular flexibility index (Phi) is 5.73. The van der Waals surface area contributed by atoms with E-state index >= 15 is 0 Å². The zero-order chi connectivity index (χ0) is 15.2. The fourth-order valence-electron chi connectivity index (χ4n) is 2.02. The van der Waals surface area contributed by atoms with E-state index in [1.54, 1.807) is 14.2 Å². The maximum atomic E-state index is 11.6. The smallest absolute Gasteiger partial charge is 0.314 e. The number of hydrogen-bond acceptors (Lipinski definition) is 3. The summed E-state index contributed by atoms with van der Waals surface area (Å²) < 4.78 is 11.5. The van der Waals surface area contributed by atoms with Gasteiger partial charge in [0, 0.05) is 17.6 Å². The molecule has 2 amide bonds. The molecule has 0 aliphatic heterocycles. The first kappa shape index (κ1) is 15.9. The lowest BCUT2D eigenvalue weighted by Gasteiger charge is -2.12. The number of hydrogen-bond donors (Lipinski definition) is 2. The summed E-state index contributed by atoms with van der Waals surface area (Å²) in [6, 6.07) is 3.70. The van der Waals surface area contributed by atoms with Gasteiger partial charge in [-0.2, -0.15) is 0 Å². The minimum atomic E-state index is -0.0986. The van der Waals surface area contributed by atoms with Crippen molar-refractivity contribution in [2.45, 2.75) is 19.3 Å². The molecule has 0 atom stereocenters. The van der Waals surface area contributed by atoms with Crippen molar-refractivity contribution in [1.82, 2.24) is 10.6 Å². The zero-order valence-electron chi connectivity index (χ0n) is 12.4. The Morgan fingerprint density at radius 2 is 1.90 bits per heavy atom. The van der Waals surface area contributed by atoms with Crippen LogP contribution in [0.3, 0.4) is 0 Å². The van der Waals surface area contributed by atoms with Crippen LogP contribution in [0, 0.1) is 5.92 Å². The van der Waals surface area contributed by atoms with Crippen molar-refractivity contribution < 1.29 is 14.3 Å². The summed E-state index contributed by atoms with van der Waals surface area (Å²) in [5, 5.41) is 5.74. The monoisotopic (exact) mass is 356 g/mol. The summed E-state index contributed by atoms with van der Waals surface area (Å²) in [6.45, 7) is 1.36. The molecular weight excluding hydrogens is 336 g/mol. The number of carbonyl (C=O) groups is 1. The molecule has 1 fully saturated rings. The van der Waals surface area contributed by atoms with E-state index in [0.29, 0.717) is 24.0 Å². The molecule has 21 heavy (non-hydrogen) atoms.